The van der Waals surface area contributed by atoms with E-state index in [2.05, 4.69) is 10.4 Å². The molecule has 0 saturated heterocycles. The van der Waals surface area contributed by atoms with Gasteiger partial charge in [-0.05, 0) is 56.2 Å². The van der Waals surface area contributed by atoms with E-state index >= 15 is 0 Å². The van der Waals surface area contributed by atoms with E-state index in [1.54, 1.807) is 23.8 Å². The second-order valence-electron chi connectivity index (χ2n) is 7.77. The molecule has 2 aromatic carbocycles. The van der Waals surface area contributed by atoms with Gasteiger partial charge in [-0.3, -0.25) is 4.79 Å². The minimum absolute atomic E-state index is 0.0872. The van der Waals surface area contributed by atoms with Crippen LogP contribution in [-0.2, 0) is 17.8 Å². The molecule has 0 aliphatic carbocycles. The lowest BCUT2D eigenvalue weighted by atomic mass is 10.0. The Kier molecular flexibility index (Phi) is 5.90. The molecule has 0 aliphatic heterocycles. The highest BCUT2D eigenvalue weighted by Gasteiger charge is 2.19. The quantitative estimate of drug-likeness (QED) is 0.493. The SMILES string of the molecule is COc1ccc(CNC(=O)Cc2c(C)nc3c(-c4ccc(F)cc4)c(C)nn3c2C)cc1. The van der Waals surface area contributed by atoms with Gasteiger partial charge in [0, 0.05) is 29.1 Å². The van der Waals surface area contributed by atoms with Crippen LogP contribution in [-0.4, -0.2) is 27.6 Å². The van der Waals surface area contributed by atoms with E-state index in [0.29, 0.717) is 12.2 Å². The molecule has 2 aromatic heterocycles. The number of amides is 1. The Balaban J connectivity index is 1.58. The zero-order chi connectivity index (χ0) is 22.8. The number of nitrogens with zero attached hydrogens (tertiary/aromatic N) is 3. The summed E-state index contributed by atoms with van der Waals surface area (Å²) in [6, 6.07) is 13.9. The third-order valence-corrected chi connectivity index (χ3v) is 5.62. The van der Waals surface area contributed by atoms with Gasteiger partial charge in [0.2, 0.25) is 5.91 Å². The minimum Gasteiger partial charge on any atom is -0.497 e. The summed E-state index contributed by atoms with van der Waals surface area (Å²) >= 11 is 0. The molecule has 0 saturated carbocycles. The number of aromatic nitrogens is 3. The molecule has 1 amide bonds. The maximum Gasteiger partial charge on any atom is 0.224 e. The van der Waals surface area contributed by atoms with Gasteiger partial charge in [-0.2, -0.15) is 5.10 Å². The van der Waals surface area contributed by atoms with Crippen LogP contribution in [0.15, 0.2) is 48.5 Å². The van der Waals surface area contributed by atoms with E-state index in [-0.39, 0.29) is 18.1 Å². The van der Waals surface area contributed by atoms with Crippen LogP contribution >= 0.6 is 0 Å². The predicted octanol–water partition coefficient (Wildman–Crippen LogP) is 4.33. The van der Waals surface area contributed by atoms with Crippen LogP contribution < -0.4 is 10.1 Å². The molecule has 32 heavy (non-hydrogen) atoms. The number of halogens is 1. The largest absolute Gasteiger partial charge is 0.497 e. The summed E-state index contributed by atoms with van der Waals surface area (Å²) in [5.74, 6) is 0.405. The maximum absolute atomic E-state index is 13.4. The molecule has 0 aliphatic rings. The summed E-state index contributed by atoms with van der Waals surface area (Å²) in [6.07, 6.45) is 0.210. The molecule has 0 fully saturated rings. The van der Waals surface area contributed by atoms with Gasteiger partial charge in [-0.1, -0.05) is 24.3 Å². The number of hydrogen-bond acceptors (Lipinski definition) is 4. The van der Waals surface area contributed by atoms with Crippen LogP contribution in [0, 0.1) is 26.6 Å². The van der Waals surface area contributed by atoms with Gasteiger partial charge in [-0.15, -0.1) is 0 Å². The minimum atomic E-state index is -0.286. The number of hydrogen-bond donors (Lipinski definition) is 1. The van der Waals surface area contributed by atoms with Crippen molar-refractivity contribution in [3.8, 4) is 16.9 Å². The van der Waals surface area contributed by atoms with Crippen LogP contribution in [0.25, 0.3) is 16.8 Å². The van der Waals surface area contributed by atoms with Crippen LogP contribution in [0.4, 0.5) is 4.39 Å². The van der Waals surface area contributed by atoms with Crippen molar-refractivity contribution in [2.24, 2.45) is 0 Å². The van der Waals surface area contributed by atoms with E-state index in [1.165, 1.54) is 12.1 Å². The maximum atomic E-state index is 13.4. The lowest BCUT2D eigenvalue weighted by Crippen LogP contribution is -2.25. The molecule has 4 aromatic rings. The normalized spacial score (nSPS) is 11.0. The van der Waals surface area contributed by atoms with Crippen molar-refractivity contribution in [1.29, 1.82) is 0 Å². The first-order valence-corrected chi connectivity index (χ1v) is 10.4. The smallest absolute Gasteiger partial charge is 0.224 e. The molecule has 0 bridgehead atoms. The molecule has 1 N–H and O–H groups in total. The monoisotopic (exact) mass is 432 g/mol. The number of methoxy groups -OCH3 is 1. The van der Waals surface area contributed by atoms with Crippen molar-refractivity contribution >= 4 is 11.6 Å². The van der Waals surface area contributed by atoms with Gasteiger partial charge in [0.1, 0.15) is 11.6 Å². The zero-order valence-corrected chi connectivity index (χ0v) is 18.6. The summed E-state index contributed by atoms with van der Waals surface area (Å²) < 4.78 is 20.3. The van der Waals surface area contributed by atoms with Crippen LogP contribution in [0.3, 0.4) is 0 Å². The van der Waals surface area contributed by atoms with Gasteiger partial charge < -0.3 is 10.1 Å². The molecule has 164 valence electrons. The first-order valence-electron chi connectivity index (χ1n) is 10.4. The van der Waals surface area contributed by atoms with E-state index < -0.39 is 0 Å². The Labute approximate surface area is 186 Å². The number of ether oxygens (including phenoxy) is 1. The van der Waals surface area contributed by atoms with Crippen molar-refractivity contribution < 1.29 is 13.9 Å². The van der Waals surface area contributed by atoms with E-state index in [9.17, 15) is 9.18 Å². The standard InChI is InChI=1S/C25H25FN4O2/c1-15-22(13-23(31)27-14-18-5-11-21(32-4)12-6-18)17(3)30-25(28-15)24(16(2)29-30)19-7-9-20(26)10-8-19/h5-12H,13-14H2,1-4H3,(H,27,31). The highest BCUT2D eigenvalue weighted by Crippen LogP contribution is 2.29. The molecule has 0 atom stereocenters. The third-order valence-electron chi connectivity index (χ3n) is 5.62. The molecule has 7 heteroatoms. The number of carbonyl (C=O) groups excluding carboxylic acids is 1. The Morgan fingerprint density at radius 2 is 1.72 bits per heavy atom. The molecular formula is C25H25FN4O2. The van der Waals surface area contributed by atoms with Gasteiger partial charge in [0.25, 0.3) is 0 Å². The summed E-state index contributed by atoms with van der Waals surface area (Å²) in [4.78, 5) is 17.4. The van der Waals surface area contributed by atoms with Crippen LogP contribution in [0.1, 0.15) is 28.2 Å². The summed E-state index contributed by atoms with van der Waals surface area (Å²) in [6.45, 7) is 6.18. The molecule has 0 unspecified atom stereocenters. The van der Waals surface area contributed by atoms with Gasteiger partial charge in [-0.25, -0.2) is 13.9 Å². The summed E-state index contributed by atoms with van der Waals surface area (Å²) in [5.41, 5.74) is 6.70. The lowest BCUT2D eigenvalue weighted by Gasteiger charge is -2.12. The molecule has 2 heterocycles. The zero-order valence-electron chi connectivity index (χ0n) is 18.6. The number of aryl methyl sites for hydroxylation is 3. The van der Waals surface area contributed by atoms with Crippen molar-refractivity contribution in [2.75, 3.05) is 7.11 Å². The average molecular weight is 432 g/mol. The van der Waals surface area contributed by atoms with E-state index in [1.807, 2.05) is 45.0 Å². The molecule has 4 rings (SSSR count). The van der Waals surface area contributed by atoms with Crippen LogP contribution in [0.2, 0.25) is 0 Å². The predicted molar refractivity (Wildman–Crippen MR) is 121 cm³/mol. The Morgan fingerprint density at radius 3 is 2.38 bits per heavy atom. The molecule has 0 spiro atoms. The summed E-state index contributed by atoms with van der Waals surface area (Å²) in [5, 5.41) is 7.61. The second kappa shape index (κ2) is 8.78. The summed E-state index contributed by atoms with van der Waals surface area (Å²) in [7, 11) is 1.62. The fraction of sp³-hybridized carbons (Fsp3) is 0.240. The average Bonchev–Trinajstić information content (AvgIpc) is 3.12. The van der Waals surface area contributed by atoms with Gasteiger partial charge in [0.15, 0.2) is 5.65 Å². The van der Waals surface area contributed by atoms with Crippen molar-refractivity contribution in [3.63, 3.8) is 0 Å². The van der Waals surface area contributed by atoms with Gasteiger partial charge in [0.05, 0.1) is 19.2 Å². The van der Waals surface area contributed by atoms with Crippen molar-refractivity contribution in [1.82, 2.24) is 19.9 Å². The number of nitrogens with one attached hydrogen (secondary N) is 1. The highest BCUT2D eigenvalue weighted by atomic mass is 19.1. The van der Waals surface area contributed by atoms with Crippen LogP contribution in [0.5, 0.6) is 5.75 Å². The number of fused-ring (bicyclic) bond motifs is 1. The first kappa shape index (κ1) is 21.5. The highest BCUT2D eigenvalue weighted by molar-refractivity contribution is 5.82. The Bertz CT molecular complexity index is 1280. The van der Waals surface area contributed by atoms with E-state index in [4.69, 9.17) is 9.72 Å². The molecule has 0 radical (unpaired) electrons. The van der Waals surface area contributed by atoms with E-state index in [0.717, 1.165) is 45.1 Å². The lowest BCUT2D eigenvalue weighted by molar-refractivity contribution is -0.120. The number of rotatable bonds is 6. The topological polar surface area (TPSA) is 68.5 Å². The third kappa shape index (κ3) is 4.19. The fourth-order valence-electron chi connectivity index (χ4n) is 3.85. The van der Waals surface area contributed by atoms with Crippen molar-refractivity contribution in [2.45, 2.75) is 33.7 Å². The molecule has 6 nitrogen and oxygen atoms in total. The number of benzene rings is 2. The van der Waals surface area contributed by atoms with Crippen molar-refractivity contribution in [3.05, 3.63) is 82.6 Å². The number of carbonyl (C=O) groups is 1. The Morgan fingerprint density at radius 1 is 1.03 bits per heavy atom. The van der Waals surface area contributed by atoms with Gasteiger partial charge >= 0.3 is 0 Å². The fourth-order valence-corrected chi connectivity index (χ4v) is 3.85. The molecular weight excluding hydrogens is 407 g/mol. The first-order chi connectivity index (χ1) is 15.4. The second-order valence-corrected chi connectivity index (χ2v) is 7.77. The Hall–Kier alpha value is -3.74.